The van der Waals surface area contributed by atoms with E-state index in [4.69, 9.17) is 32.7 Å². The fraction of sp³-hybridized carbons (Fsp3) is 0.278. The van der Waals surface area contributed by atoms with Gasteiger partial charge >= 0.3 is 12.1 Å². The van der Waals surface area contributed by atoms with Crippen LogP contribution in [0.2, 0.25) is 10.0 Å². The van der Waals surface area contributed by atoms with E-state index >= 15 is 0 Å². The van der Waals surface area contributed by atoms with Crippen molar-refractivity contribution in [3.8, 4) is 11.5 Å². The molecule has 0 spiro atoms. The van der Waals surface area contributed by atoms with Gasteiger partial charge < -0.3 is 14.8 Å². The van der Waals surface area contributed by atoms with Crippen LogP contribution in [0.5, 0.6) is 11.5 Å². The van der Waals surface area contributed by atoms with Crippen LogP contribution in [0.1, 0.15) is 5.56 Å². The minimum absolute atomic E-state index is 0.0857. The average Bonchev–Trinajstić information content (AvgIpc) is 2.64. The number of carbonyl (C=O) groups excluding carboxylic acids is 1. The van der Waals surface area contributed by atoms with Gasteiger partial charge in [0.05, 0.1) is 18.8 Å². The molecule has 3 rings (SSSR count). The molecule has 168 valence electrons. The lowest BCUT2D eigenvalue weighted by atomic mass is 10.0. The van der Waals surface area contributed by atoms with Gasteiger partial charge in [0.25, 0.3) is 10.0 Å². The van der Waals surface area contributed by atoms with Crippen molar-refractivity contribution in [1.82, 2.24) is 5.32 Å². The predicted octanol–water partition coefficient (Wildman–Crippen LogP) is 3.78. The Balaban J connectivity index is 1.94. The second-order valence-electron chi connectivity index (χ2n) is 6.52. The Labute approximate surface area is 185 Å². The highest BCUT2D eigenvalue weighted by Gasteiger charge is 2.41. The first-order chi connectivity index (χ1) is 14.4. The number of sulfonamides is 1. The van der Waals surface area contributed by atoms with Crippen LogP contribution in [0.4, 0.5) is 18.9 Å². The Morgan fingerprint density at radius 1 is 1.19 bits per heavy atom. The number of nitrogens with one attached hydrogen (secondary N) is 2. The highest BCUT2D eigenvalue weighted by molar-refractivity contribution is 7.92. The summed E-state index contributed by atoms with van der Waals surface area (Å²) in [6.07, 6.45) is -5.19. The molecule has 2 N–H and O–H groups in total. The number of rotatable bonds is 5. The molecule has 1 amide bonds. The number of fused-ring (bicyclic) bond motifs is 1. The zero-order chi connectivity index (χ0) is 23.0. The van der Waals surface area contributed by atoms with E-state index < -0.39 is 28.1 Å². The van der Waals surface area contributed by atoms with Crippen LogP contribution in [0.3, 0.4) is 0 Å². The fourth-order valence-corrected chi connectivity index (χ4v) is 4.75. The number of hydrogen-bond acceptors (Lipinski definition) is 5. The summed E-state index contributed by atoms with van der Waals surface area (Å²) < 4.78 is 76.5. The molecule has 1 aliphatic heterocycles. The van der Waals surface area contributed by atoms with E-state index in [-0.39, 0.29) is 50.7 Å². The van der Waals surface area contributed by atoms with Crippen molar-refractivity contribution in [3.63, 3.8) is 0 Å². The summed E-state index contributed by atoms with van der Waals surface area (Å²) in [6, 6.07) is 5.67. The van der Waals surface area contributed by atoms with Gasteiger partial charge in [-0.2, -0.15) is 13.2 Å². The largest absolute Gasteiger partial charge is 0.496 e. The molecule has 2 aromatic rings. The quantitative estimate of drug-likeness (QED) is 0.654. The molecule has 0 aromatic heterocycles. The molecule has 7 nitrogen and oxygen atoms in total. The molecule has 0 saturated carbocycles. The second-order valence-corrected chi connectivity index (χ2v) is 9.04. The van der Waals surface area contributed by atoms with E-state index in [1.807, 2.05) is 5.32 Å². The smallest absolute Gasteiger partial charge is 0.471 e. The third-order valence-corrected chi connectivity index (χ3v) is 6.12. The van der Waals surface area contributed by atoms with Crippen LogP contribution in [0.15, 0.2) is 35.2 Å². The Morgan fingerprint density at radius 3 is 2.42 bits per heavy atom. The number of halogens is 5. The highest BCUT2D eigenvalue weighted by atomic mass is 35.5. The number of benzene rings is 2. The van der Waals surface area contributed by atoms with Gasteiger partial charge in [-0.05, 0) is 30.3 Å². The van der Waals surface area contributed by atoms with E-state index in [0.29, 0.717) is 0 Å². The highest BCUT2D eigenvalue weighted by Crippen LogP contribution is 2.39. The first-order valence-electron chi connectivity index (χ1n) is 8.60. The Kier molecular flexibility index (Phi) is 6.49. The van der Waals surface area contributed by atoms with E-state index in [1.165, 1.54) is 37.4 Å². The number of anilines is 1. The van der Waals surface area contributed by atoms with Crippen LogP contribution >= 0.6 is 23.2 Å². The monoisotopic (exact) mass is 498 g/mol. The van der Waals surface area contributed by atoms with E-state index in [9.17, 15) is 26.4 Å². The van der Waals surface area contributed by atoms with Crippen LogP contribution in [-0.4, -0.2) is 40.3 Å². The molecule has 13 heteroatoms. The molecular weight excluding hydrogens is 484 g/mol. The summed E-state index contributed by atoms with van der Waals surface area (Å²) in [5, 5.41) is 2.24. The van der Waals surface area contributed by atoms with Gasteiger partial charge in [0.1, 0.15) is 23.0 Å². The van der Waals surface area contributed by atoms with Crippen molar-refractivity contribution in [3.05, 3.63) is 45.9 Å². The van der Waals surface area contributed by atoms with Crippen molar-refractivity contribution in [2.45, 2.75) is 23.5 Å². The van der Waals surface area contributed by atoms with Crippen molar-refractivity contribution < 1.29 is 35.9 Å². The number of amides is 1. The van der Waals surface area contributed by atoms with Gasteiger partial charge in [-0.15, -0.1) is 0 Å². The number of carbonyl (C=O) groups is 1. The lowest BCUT2D eigenvalue weighted by Gasteiger charge is -2.29. The number of alkyl halides is 3. The number of methoxy groups -OCH3 is 1. The molecule has 0 aliphatic carbocycles. The topological polar surface area (TPSA) is 93.7 Å². The predicted molar refractivity (Wildman–Crippen MR) is 107 cm³/mol. The normalized spacial score (nSPS) is 16.1. The molecule has 0 unspecified atom stereocenters. The fourth-order valence-electron chi connectivity index (χ4n) is 3.01. The minimum atomic E-state index is -5.06. The molecule has 0 fully saturated rings. The average molecular weight is 499 g/mol. The Morgan fingerprint density at radius 2 is 1.84 bits per heavy atom. The van der Waals surface area contributed by atoms with Crippen LogP contribution < -0.4 is 19.5 Å². The van der Waals surface area contributed by atoms with Gasteiger partial charge in [-0.3, -0.25) is 9.52 Å². The zero-order valence-electron chi connectivity index (χ0n) is 15.7. The number of ether oxygens (including phenoxy) is 2. The third kappa shape index (κ3) is 5.28. The summed E-state index contributed by atoms with van der Waals surface area (Å²) in [5.74, 6) is -2.00. The molecule has 31 heavy (non-hydrogen) atoms. The van der Waals surface area contributed by atoms with Gasteiger partial charge in [-0.25, -0.2) is 8.42 Å². The van der Waals surface area contributed by atoms with Crippen molar-refractivity contribution in [2.75, 3.05) is 18.4 Å². The molecule has 1 heterocycles. The molecule has 0 bridgehead atoms. The lowest BCUT2D eigenvalue weighted by molar-refractivity contribution is -0.174. The SMILES string of the molecule is COc1ccc(S(=O)(=O)Nc2cc(Cl)cc(Cl)c2)c2c1C[C@@H](NC(=O)C(F)(F)F)CO2. The summed E-state index contributed by atoms with van der Waals surface area (Å²) in [6.45, 7) is -0.368. The van der Waals surface area contributed by atoms with Gasteiger partial charge in [-0.1, -0.05) is 23.2 Å². The summed E-state index contributed by atoms with van der Waals surface area (Å²) in [5.41, 5.74) is 0.307. The molecule has 0 radical (unpaired) electrons. The number of hydrogen-bond donors (Lipinski definition) is 2. The lowest BCUT2D eigenvalue weighted by Crippen LogP contribution is -2.48. The Bertz CT molecular complexity index is 1110. The van der Waals surface area contributed by atoms with Crippen LogP contribution in [0, 0.1) is 0 Å². The van der Waals surface area contributed by atoms with Crippen LogP contribution in [0.25, 0.3) is 0 Å². The van der Waals surface area contributed by atoms with Gasteiger partial charge in [0, 0.05) is 22.0 Å². The first kappa shape index (κ1) is 23.3. The molecule has 1 atom stereocenters. The molecule has 0 saturated heterocycles. The molecule has 1 aliphatic rings. The summed E-state index contributed by atoms with van der Waals surface area (Å²) in [4.78, 5) is 11.0. The third-order valence-electron chi connectivity index (χ3n) is 4.28. The van der Waals surface area contributed by atoms with E-state index in [2.05, 4.69) is 4.72 Å². The maximum absolute atomic E-state index is 12.9. The van der Waals surface area contributed by atoms with Crippen molar-refractivity contribution in [1.29, 1.82) is 0 Å². The van der Waals surface area contributed by atoms with Gasteiger partial charge in [0.15, 0.2) is 0 Å². The minimum Gasteiger partial charge on any atom is -0.496 e. The first-order valence-corrected chi connectivity index (χ1v) is 10.8. The Hall–Kier alpha value is -2.37. The van der Waals surface area contributed by atoms with E-state index in [0.717, 1.165) is 0 Å². The maximum Gasteiger partial charge on any atom is 0.471 e. The standard InChI is InChI=1S/C18H15Cl2F3N2O5S/c1-29-14-2-3-15(31(27,28)25-11-5-9(19)4-10(20)6-11)16-13(14)7-12(8-30-16)24-17(26)18(21,22)23/h2-6,12,25H,7-8H2,1H3,(H,24,26)/t12-/m1/s1. The molecular formula is C18H15Cl2F3N2O5S. The maximum atomic E-state index is 12.9. The zero-order valence-corrected chi connectivity index (χ0v) is 18.0. The summed E-state index contributed by atoms with van der Waals surface area (Å²) >= 11 is 11.8. The van der Waals surface area contributed by atoms with Crippen LogP contribution in [-0.2, 0) is 21.2 Å². The van der Waals surface area contributed by atoms with E-state index in [1.54, 1.807) is 0 Å². The summed E-state index contributed by atoms with van der Waals surface area (Å²) in [7, 11) is -2.88. The van der Waals surface area contributed by atoms with Crippen molar-refractivity contribution in [2.24, 2.45) is 0 Å². The molecule has 2 aromatic carbocycles. The van der Waals surface area contributed by atoms with Crippen molar-refractivity contribution >= 4 is 44.8 Å². The van der Waals surface area contributed by atoms with Gasteiger partial charge in [0.2, 0.25) is 0 Å². The second kappa shape index (κ2) is 8.64.